The Bertz CT molecular complexity index is 608. The maximum absolute atomic E-state index is 5.45. The molecule has 0 atom stereocenters. The van der Waals surface area contributed by atoms with Crippen LogP contribution in [-0.4, -0.2) is 52.6 Å². The van der Waals surface area contributed by atoms with Gasteiger partial charge in [0.25, 0.3) is 0 Å². The molecule has 6 nitrogen and oxygen atoms in total. The Hall–Kier alpha value is -1.09. The SMILES string of the molecule is Cc1cc2c(NCCN3CCSCC3)nc(NN)nc2s1. The fourth-order valence-electron chi connectivity index (χ4n) is 2.40. The van der Waals surface area contributed by atoms with Gasteiger partial charge in [-0.05, 0) is 13.0 Å². The third-order valence-corrected chi connectivity index (χ3v) is 5.36. The van der Waals surface area contributed by atoms with Crippen LogP contribution in [0.4, 0.5) is 11.8 Å². The van der Waals surface area contributed by atoms with Crippen LogP contribution in [-0.2, 0) is 0 Å². The number of thiophene rings is 1. The van der Waals surface area contributed by atoms with Crippen LogP contribution in [0.25, 0.3) is 10.2 Å². The van der Waals surface area contributed by atoms with Crippen molar-refractivity contribution in [3.05, 3.63) is 10.9 Å². The molecule has 3 heterocycles. The number of fused-ring (bicyclic) bond motifs is 1. The van der Waals surface area contributed by atoms with Crippen molar-refractivity contribution in [1.82, 2.24) is 14.9 Å². The number of hydrogen-bond acceptors (Lipinski definition) is 8. The molecule has 3 rings (SSSR count). The van der Waals surface area contributed by atoms with E-state index >= 15 is 0 Å². The van der Waals surface area contributed by atoms with Crippen molar-refractivity contribution in [3.8, 4) is 0 Å². The van der Waals surface area contributed by atoms with Gasteiger partial charge in [-0.25, -0.2) is 10.8 Å². The maximum Gasteiger partial charge on any atom is 0.240 e. The van der Waals surface area contributed by atoms with E-state index in [0.717, 1.165) is 29.1 Å². The summed E-state index contributed by atoms with van der Waals surface area (Å²) >= 11 is 3.69. The van der Waals surface area contributed by atoms with E-state index in [2.05, 4.69) is 38.6 Å². The van der Waals surface area contributed by atoms with Gasteiger partial charge in [0.15, 0.2) is 0 Å². The van der Waals surface area contributed by atoms with Gasteiger partial charge in [0.1, 0.15) is 10.6 Å². The molecule has 0 saturated carbocycles. The van der Waals surface area contributed by atoms with E-state index in [9.17, 15) is 0 Å². The van der Waals surface area contributed by atoms with Crippen molar-refractivity contribution in [1.29, 1.82) is 0 Å². The van der Waals surface area contributed by atoms with Gasteiger partial charge in [0, 0.05) is 42.6 Å². The summed E-state index contributed by atoms with van der Waals surface area (Å²) in [6.45, 7) is 6.37. The van der Waals surface area contributed by atoms with Gasteiger partial charge in [-0.1, -0.05) is 0 Å². The van der Waals surface area contributed by atoms with Crippen LogP contribution in [0.3, 0.4) is 0 Å². The van der Waals surface area contributed by atoms with Crippen molar-refractivity contribution in [2.45, 2.75) is 6.92 Å². The number of nitrogens with one attached hydrogen (secondary N) is 2. The summed E-state index contributed by atoms with van der Waals surface area (Å²) in [6, 6.07) is 2.13. The fraction of sp³-hybridized carbons (Fsp3) is 0.538. The Kier molecular flexibility index (Phi) is 4.79. The third kappa shape index (κ3) is 3.57. The minimum Gasteiger partial charge on any atom is -0.368 e. The fourth-order valence-corrected chi connectivity index (χ4v) is 4.26. The lowest BCUT2D eigenvalue weighted by Crippen LogP contribution is -2.36. The number of aryl methyl sites for hydroxylation is 1. The molecule has 1 aliphatic heterocycles. The van der Waals surface area contributed by atoms with E-state index < -0.39 is 0 Å². The Balaban J connectivity index is 1.70. The van der Waals surface area contributed by atoms with E-state index in [1.54, 1.807) is 11.3 Å². The highest BCUT2D eigenvalue weighted by Crippen LogP contribution is 2.29. The van der Waals surface area contributed by atoms with Crippen LogP contribution in [0.2, 0.25) is 0 Å². The highest BCUT2D eigenvalue weighted by Gasteiger charge is 2.12. The van der Waals surface area contributed by atoms with Gasteiger partial charge in [0.05, 0.1) is 5.39 Å². The summed E-state index contributed by atoms with van der Waals surface area (Å²) in [7, 11) is 0. The van der Waals surface area contributed by atoms with Gasteiger partial charge in [0.2, 0.25) is 5.95 Å². The first-order valence-electron chi connectivity index (χ1n) is 7.05. The highest BCUT2D eigenvalue weighted by molar-refractivity contribution is 7.99. The van der Waals surface area contributed by atoms with Crippen molar-refractivity contribution >= 4 is 45.1 Å². The molecular formula is C13H20N6S2. The Morgan fingerprint density at radius 3 is 2.90 bits per heavy atom. The molecule has 0 aliphatic carbocycles. The average molecular weight is 324 g/mol. The largest absolute Gasteiger partial charge is 0.368 e. The summed E-state index contributed by atoms with van der Waals surface area (Å²) in [5.41, 5.74) is 2.54. The van der Waals surface area contributed by atoms with Crippen LogP contribution in [0, 0.1) is 6.92 Å². The number of nitrogens with two attached hydrogens (primary N) is 1. The Labute approximate surface area is 132 Å². The zero-order valence-electron chi connectivity index (χ0n) is 12.1. The molecule has 4 N–H and O–H groups in total. The molecule has 0 unspecified atom stereocenters. The molecule has 0 spiro atoms. The molecule has 0 aromatic carbocycles. The van der Waals surface area contributed by atoms with E-state index in [0.29, 0.717) is 5.95 Å². The van der Waals surface area contributed by atoms with Crippen molar-refractivity contribution < 1.29 is 0 Å². The number of hydrogen-bond donors (Lipinski definition) is 3. The first-order valence-corrected chi connectivity index (χ1v) is 9.02. The van der Waals surface area contributed by atoms with Gasteiger partial charge < -0.3 is 5.32 Å². The van der Waals surface area contributed by atoms with Gasteiger partial charge in [-0.15, -0.1) is 11.3 Å². The molecule has 2 aromatic rings. The number of nitrogens with zero attached hydrogens (tertiary/aromatic N) is 3. The summed E-state index contributed by atoms with van der Waals surface area (Å²) in [6.07, 6.45) is 0. The maximum atomic E-state index is 5.45. The molecule has 0 bridgehead atoms. The standard InChI is InChI=1S/C13H20N6S2/c1-9-8-10-11(16-13(18-14)17-12(10)21-9)15-2-3-19-4-6-20-7-5-19/h8H,2-7,14H2,1H3,(H2,15,16,17,18). The van der Waals surface area contributed by atoms with Gasteiger partial charge >= 0.3 is 0 Å². The number of rotatable bonds is 5. The van der Waals surface area contributed by atoms with E-state index in [1.807, 2.05) is 11.8 Å². The molecule has 114 valence electrons. The molecule has 0 amide bonds. The molecule has 1 fully saturated rings. The number of thioether (sulfide) groups is 1. The van der Waals surface area contributed by atoms with Crippen LogP contribution in [0.5, 0.6) is 0 Å². The smallest absolute Gasteiger partial charge is 0.240 e. The van der Waals surface area contributed by atoms with Crippen molar-refractivity contribution in [3.63, 3.8) is 0 Å². The van der Waals surface area contributed by atoms with E-state index in [4.69, 9.17) is 5.84 Å². The summed E-state index contributed by atoms with van der Waals surface area (Å²) < 4.78 is 0. The number of aromatic nitrogens is 2. The average Bonchev–Trinajstić information content (AvgIpc) is 2.88. The highest BCUT2D eigenvalue weighted by atomic mass is 32.2. The first-order chi connectivity index (χ1) is 10.3. The molecule has 2 aromatic heterocycles. The number of anilines is 2. The zero-order chi connectivity index (χ0) is 14.7. The molecule has 1 aliphatic rings. The molecule has 21 heavy (non-hydrogen) atoms. The Morgan fingerprint density at radius 1 is 1.33 bits per heavy atom. The summed E-state index contributed by atoms with van der Waals surface area (Å²) in [4.78, 5) is 13.5. The van der Waals surface area contributed by atoms with Gasteiger partial charge in [-0.3, -0.25) is 10.3 Å². The second-order valence-electron chi connectivity index (χ2n) is 5.00. The lowest BCUT2D eigenvalue weighted by molar-refractivity contribution is 0.314. The monoisotopic (exact) mass is 324 g/mol. The first kappa shape index (κ1) is 14.8. The summed E-state index contributed by atoms with van der Waals surface area (Å²) in [5.74, 6) is 9.26. The molecule has 8 heteroatoms. The van der Waals surface area contributed by atoms with E-state index in [-0.39, 0.29) is 0 Å². The predicted molar refractivity (Wildman–Crippen MR) is 92.2 cm³/mol. The van der Waals surface area contributed by atoms with Crippen molar-refractivity contribution in [2.24, 2.45) is 5.84 Å². The second kappa shape index (κ2) is 6.78. The van der Waals surface area contributed by atoms with Crippen LogP contribution < -0.4 is 16.6 Å². The van der Waals surface area contributed by atoms with Gasteiger partial charge in [-0.2, -0.15) is 16.7 Å². The number of nitrogen functional groups attached to an aromatic ring is 1. The topological polar surface area (TPSA) is 79.1 Å². The lowest BCUT2D eigenvalue weighted by atomic mass is 10.3. The van der Waals surface area contributed by atoms with Crippen LogP contribution in [0.15, 0.2) is 6.07 Å². The molecular weight excluding hydrogens is 304 g/mol. The molecule has 0 radical (unpaired) electrons. The summed E-state index contributed by atoms with van der Waals surface area (Å²) in [5, 5.41) is 4.51. The quantitative estimate of drug-likeness (QED) is 0.571. The lowest BCUT2D eigenvalue weighted by Gasteiger charge is -2.26. The second-order valence-corrected chi connectivity index (χ2v) is 7.46. The van der Waals surface area contributed by atoms with E-state index in [1.165, 1.54) is 29.5 Å². The minimum atomic E-state index is 0.459. The van der Waals surface area contributed by atoms with Crippen LogP contribution >= 0.6 is 23.1 Å². The van der Waals surface area contributed by atoms with Crippen LogP contribution in [0.1, 0.15) is 4.88 Å². The predicted octanol–water partition coefficient (Wildman–Crippen LogP) is 1.75. The third-order valence-electron chi connectivity index (χ3n) is 3.47. The number of hydrazine groups is 1. The zero-order valence-corrected chi connectivity index (χ0v) is 13.7. The Morgan fingerprint density at radius 2 is 2.14 bits per heavy atom. The minimum absolute atomic E-state index is 0.459. The van der Waals surface area contributed by atoms with Crippen molar-refractivity contribution in [2.75, 3.05) is 48.4 Å². The molecule has 1 saturated heterocycles. The normalized spacial score (nSPS) is 16.3.